The first-order chi connectivity index (χ1) is 7.90. The van der Waals surface area contributed by atoms with Gasteiger partial charge in [-0.2, -0.15) is 4.98 Å². The van der Waals surface area contributed by atoms with Gasteiger partial charge in [-0.15, -0.1) is 0 Å². The molecule has 0 aliphatic carbocycles. The lowest BCUT2D eigenvalue weighted by atomic mass is 10.2. The first-order valence-electron chi connectivity index (χ1n) is 4.52. The van der Waals surface area contributed by atoms with E-state index in [0.717, 1.165) is 0 Å². The number of nitrogens with zero attached hydrogens (tertiary/aromatic N) is 2. The van der Waals surface area contributed by atoms with Gasteiger partial charge >= 0.3 is 5.97 Å². The lowest BCUT2D eigenvalue weighted by Gasteiger charge is -2.10. The quantitative estimate of drug-likeness (QED) is 0.565. The molecule has 1 aromatic heterocycles. The number of nitrogens with one attached hydrogen (secondary N) is 1. The minimum Gasteiger partial charge on any atom is -0.480 e. The molecule has 0 aromatic carbocycles. The van der Waals surface area contributed by atoms with E-state index in [4.69, 9.17) is 10.8 Å². The molecule has 1 heterocycles. The first-order valence-corrected chi connectivity index (χ1v) is 4.52. The van der Waals surface area contributed by atoms with Gasteiger partial charge < -0.3 is 20.7 Å². The molecule has 0 fully saturated rings. The summed E-state index contributed by atoms with van der Waals surface area (Å²) in [6.45, 7) is 1.47. The van der Waals surface area contributed by atoms with Crippen LogP contribution in [0.4, 0.5) is 0 Å². The Kier molecular flexibility index (Phi) is 3.75. The molecule has 0 spiro atoms. The standard InChI is InChI=1S/C8H10N4O5/c1-3-10-6(12-17-3)7(14)11-4(8(15)16)2-5(9)13/h4H,2H2,1H3,(H2,9,13)(H,11,14)(H,15,16)/t4-/m1/s1. The predicted octanol–water partition coefficient (Wildman–Crippen LogP) is -1.56. The zero-order chi connectivity index (χ0) is 13.0. The second-order valence-electron chi connectivity index (χ2n) is 3.17. The maximum absolute atomic E-state index is 11.4. The first kappa shape index (κ1) is 12.6. The minimum absolute atomic E-state index is 0.164. The second-order valence-corrected chi connectivity index (χ2v) is 3.17. The van der Waals surface area contributed by atoms with Crippen molar-refractivity contribution in [3.8, 4) is 0 Å². The maximum Gasteiger partial charge on any atom is 0.326 e. The lowest BCUT2D eigenvalue weighted by molar-refractivity contribution is -0.140. The maximum atomic E-state index is 11.4. The van der Waals surface area contributed by atoms with Crippen molar-refractivity contribution in [3.05, 3.63) is 11.7 Å². The molecule has 1 rings (SSSR count). The van der Waals surface area contributed by atoms with E-state index in [9.17, 15) is 14.4 Å². The normalized spacial score (nSPS) is 11.8. The molecule has 1 atom stereocenters. The van der Waals surface area contributed by atoms with Crippen LogP contribution < -0.4 is 11.1 Å². The van der Waals surface area contributed by atoms with E-state index in [0.29, 0.717) is 0 Å². The van der Waals surface area contributed by atoms with Gasteiger partial charge in [-0.1, -0.05) is 5.16 Å². The van der Waals surface area contributed by atoms with Crippen molar-refractivity contribution in [2.75, 3.05) is 0 Å². The molecule has 0 aliphatic rings. The van der Waals surface area contributed by atoms with Gasteiger partial charge in [0.1, 0.15) is 6.04 Å². The van der Waals surface area contributed by atoms with Crippen LogP contribution in [0.15, 0.2) is 4.52 Å². The molecule has 1 aromatic rings. The largest absolute Gasteiger partial charge is 0.480 e. The Bertz CT molecular complexity index is 455. The highest BCUT2D eigenvalue weighted by Crippen LogP contribution is 1.98. The van der Waals surface area contributed by atoms with E-state index in [2.05, 4.69) is 20.0 Å². The molecule has 0 saturated carbocycles. The summed E-state index contributed by atoms with van der Waals surface area (Å²) in [7, 11) is 0. The van der Waals surface area contributed by atoms with E-state index >= 15 is 0 Å². The number of aromatic nitrogens is 2. The fraction of sp³-hybridized carbons (Fsp3) is 0.375. The summed E-state index contributed by atoms with van der Waals surface area (Å²) in [5, 5.41) is 14.1. The summed E-state index contributed by atoms with van der Waals surface area (Å²) in [6, 6.07) is -1.42. The number of carboxylic acids is 1. The number of carbonyl (C=O) groups excluding carboxylic acids is 2. The number of aliphatic carboxylic acids is 1. The number of nitrogens with two attached hydrogens (primary N) is 1. The molecule has 9 heteroatoms. The molecule has 0 radical (unpaired) electrons. The van der Waals surface area contributed by atoms with Crippen molar-refractivity contribution < 1.29 is 24.0 Å². The Labute approximate surface area is 95.0 Å². The van der Waals surface area contributed by atoms with Gasteiger partial charge in [-0.05, 0) is 0 Å². The van der Waals surface area contributed by atoms with Crippen LogP contribution in [0.3, 0.4) is 0 Å². The number of primary amides is 1. The van der Waals surface area contributed by atoms with Gasteiger partial charge in [0.2, 0.25) is 11.8 Å². The van der Waals surface area contributed by atoms with Crippen molar-refractivity contribution in [2.45, 2.75) is 19.4 Å². The predicted molar refractivity (Wildman–Crippen MR) is 51.7 cm³/mol. The third-order valence-corrected chi connectivity index (χ3v) is 1.74. The lowest BCUT2D eigenvalue weighted by Crippen LogP contribution is -2.43. The number of carboxylic acid groups (broad SMARTS) is 1. The van der Waals surface area contributed by atoms with Gasteiger partial charge in [0.15, 0.2) is 0 Å². The molecule has 0 saturated heterocycles. The highest BCUT2D eigenvalue weighted by molar-refractivity contribution is 5.94. The van der Waals surface area contributed by atoms with Gasteiger partial charge in [-0.3, -0.25) is 9.59 Å². The Morgan fingerprint density at radius 3 is 2.59 bits per heavy atom. The molecule has 92 valence electrons. The summed E-state index contributed by atoms with van der Waals surface area (Å²) in [6.07, 6.45) is -0.516. The van der Waals surface area contributed by atoms with E-state index in [1.807, 2.05) is 0 Å². The monoisotopic (exact) mass is 242 g/mol. The molecule has 0 unspecified atom stereocenters. The van der Waals surface area contributed by atoms with Gasteiger partial charge in [0, 0.05) is 6.92 Å². The number of aryl methyl sites for hydroxylation is 1. The topological polar surface area (TPSA) is 148 Å². The SMILES string of the molecule is Cc1nc(C(=O)N[C@H](CC(N)=O)C(=O)O)no1. The highest BCUT2D eigenvalue weighted by atomic mass is 16.5. The van der Waals surface area contributed by atoms with Crippen LogP contribution >= 0.6 is 0 Å². The Morgan fingerprint density at radius 1 is 1.53 bits per heavy atom. The van der Waals surface area contributed by atoms with Gasteiger partial charge in [-0.25, -0.2) is 4.79 Å². The minimum atomic E-state index is -1.42. The number of hydrogen-bond acceptors (Lipinski definition) is 6. The summed E-state index contributed by atoms with van der Waals surface area (Å²) in [5.41, 5.74) is 4.85. The van der Waals surface area contributed by atoms with Crippen molar-refractivity contribution in [1.29, 1.82) is 0 Å². The van der Waals surface area contributed by atoms with E-state index in [-0.39, 0.29) is 11.7 Å². The van der Waals surface area contributed by atoms with Gasteiger partial charge in [0.25, 0.3) is 11.7 Å². The number of carbonyl (C=O) groups is 3. The Balaban J connectivity index is 2.70. The zero-order valence-corrected chi connectivity index (χ0v) is 8.84. The Morgan fingerprint density at radius 2 is 2.18 bits per heavy atom. The van der Waals surface area contributed by atoms with Crippen LogP contribution in [0.5, 0.6) is 0 Å². The smallest absolute Gasteiger partial charge is 0.326 e. The molecule has 4 N–H and O–H groups in total. The highest BCUT2D eigenvalue weighted by Gasteiger charge is 2.24. The zero-order valence-electron chi connectivity index (χ0n) is 8.84. The van der Waals surface area contributed by atoms with E-state index in [1.165, 1.54) is 6.92 Å². The summed E-state index contributed by atoms with van der Waals surface area (Å²) < 4.78 is 4.55. The Hall–Kier alpha value is -2.45. The summed E-state index contributed by atoms with van der Waals surface area (Å²) in [5.74, 6) is -3.22. The fourth-order valence-electron chi connectivity index (χ4n) is 1.02. The van der Waals surface area contributed by atoms with Crippen LogP contribution in [0.2, 0.25) is 0 Å². The van der Waals surface area contributed by atoms with Gasteiger partial charge in [0.05, 0.1) is 6.42 Å². The molecule has 9 nitrogen and oxygen atoms in total. The van der Waals surface area contributed by atoms with Crippen molar-refractivity contribution >= 4 is 17.8 Å². The fourth-order valence-corrected chi connectivity index (χ4v) is 1.02. The molecular formula is C8H10N4O5. The number of amides is 2. The van der Waals surface area contributed by atoms with Crippen LogP contribution in [-0.2, 0) is 9.59 Å². The summed E-state index contributed by atoms with van der Waals surface area (Å²) >= 11 is 0. The summed E-state index contributed by atoms with van der Waals surface area (Å²) in [4.78, 5) is 36.4. The van der Waals surface area contributed by atoms with Crippen molar-refractivity contribution in [2.24, 2.45) is 5.73 Å². The van der Waals surface area contributed by atoms with Crippen molar-refractivity contribution in [3.63, 3.8) is 0 Å². The van der Waals surface area contributed by atoms with Crippen LogP contribution in [-0.4, -0.2) is 39.1 Å². The molecule has 17 heavy (non-hydrogen) atoms. The number of rotatable bonds is 5. The molecule has 0 bridgehead atoms. The second kappa shape index (κ2) is 5.05. The molecule has 2 amide bonds. The number of hydrogen-bond donors (Lipinski definition) is 3. The van der Waals surface area contributed by atoms with E-state index < -0.39 is 30.2 Å². The van der Waals surface area contributed by atoms with Crippen molar-refractivity contribution in [1.82, 2.24) is 15.5 Å². The molecular weight excluding hydrogens is 232 g/mol. The average Bonchev–Trinajstić information content (AvgIpc) is 2.63. The van der Waals surface area contributed by atoms with Crippen LogP contribution in [0.25, 0.3) is 0 Å². The third-order valence-electron chi connectivity index (χ3n) is 1.74. The molecule has 0 aliphatic heterocycles. The third kappa shape index (κ3) is 3.55. The van der Waals surface area contributed by atoms with Crippen LogP contribution in [0, 0.1) is 6.92 Å². The van der Waals surface area contributed by atoms with E-state index in [1.54, 1.807) is 0 Å². The van der Waals surface area contributed by atoms with Crippen LogP contribution in [0.1, 0.15) is 22.9 Å². The average molecular weight is 242 g/mol.